The molecule has 0 spiro atoms. The fourth-order valence-corrected chi connectivity index (χ4v) is 3.42. The van der Waals surface area contributed by atoms with E-state index in [9.17, 15) is 9.90 Å². The molecule has 3 heterocycles. The number of carbonyl (C=O) groups is 1. The van der Waals surface area contributed by atoms with Crippen LogP contribution in [0.5, 0.6) is 0 Å². The van der Waals surface area contributed by atoms with Crippen LogP contribution in [0.25, 0.3) is 11.2 Å². The first-order valence-corrected chi connectivity index (χ1v) is 9.42. The number of anilines is 1. The molecular weight excluding hydrogens is 358 g/mol. The fourth-order valence-electron chi connectivity index (χ4n) is 2.79. The number of hydrogen-bond acceptors (Lipinski definition) is 8. The number of aromatic nitrogens is 4. The highest BCUT2D eigenvalue weighted by Crippen LogP contribution is 2.32. The number of amides is 1. The van der Waals surface area contributed by atoms with Crippen LogP contribution in [0.15, 0.2) is 24.8 Å². The summed E-state index contributed by atoms with van der Waals surface area (Å²) in [6.45, 7) is 3.79. The van der Waals surface area contributed by atoms with E-state index < -0.39 is 12.0 Å². The third kappa shape index (κ3) is 3.73. The molecule has 10 heteroatoms. The summed E-state index contributed by atoms with van der Waals surface area (Å²) in [6, 6.07) is 0. The number of aliphatic hydroxyl groups is 1. The summed E-state index contributed by atoms with van der Waals surface area (Å²) >= 11 is 1.62. The Kier molecular flexibility index (Phi) is 5.87. The van der Waals surface area contributed by atoms with E-state index in [1.54, 1.807) is 22.7 Å². The summed E-state index contributed by atoms with van der Waals surface area (Å²) in [4.78, 5) is 24.8. The minimum Gasteiger partial charge on any atom is -0.390 e. The van der Waals surface area contributed by atoms with Gasteiger partial charge in [-0.1, -0.05) is 6.58 Å². The number of nitrogens with one attached hydrogen (secondary N) is 1. The van der Waals surface area contributed by atoms with Crippen LogP contribution in [0.3, 0.4) is 0 Å². The van der Waals surface area contributed by atoms with Gasteiger partial charge in [-0.3, -0.25) is 9.36 Å². The molecule has 2 N–H and O–H groups in total. The lowest BCUT2D eigenvalue weighted by Gasteiger charge is -2.14. The van der Waals surface area contributed by atoms with Crippen LogP contribution in [0, 0.1) is 0 Å². The normalized spacial score (nSPS) is 22.7. The second-order valence-corrected chi connectivity index (χ2v) is 6.84. The van der Waals surface area contributed by atoms with Gasteiger partial charge >= 0.3 is 0 Å². The van der Waals surface area contributed by atoms with E-state index in [-0.39, 0.29) is 30.3 Å². The van der Waals surface area contributed by atoms with Crippen molar-refractivity contribution in [1.29, 1.82) is 0 Å². The lowest BCUT2D eigenvalue weighted by Crippen LogP contribution is -2.23. The van der Waals surface area contributed by atoms with Crippen molar-refractivity contribution in [2.75, 3.05) is 31.0 Å². The summed E-state index contributed by atoms with van der Waals surface area (Å²) < 4.78 is 12.6. The highest BCUT2D eigenvalue weighted by Gasteiger charge is 2.35. The number of fused-ring (bicyclic) bond motifs is 1. The van der Waals surface area contributed by atoms with E-state index in [4.69, 9.17) is 9.47 Å². The maximum atomic E-state index is 12.1. The molecule has 2 aromatic rings. The number of methoxy groups -OCH3 is 1. The molecule has 2 aromatic heterocycles. The smallest absolute Gasteiger partial charge is 0.254 e. The molecule has 0 aliphatic carbocycles. The zero-order valence-electron chi connectivity index (χ0n) is 14.6. The van der Waals surface area contributed by atoms with Gasteiger partial charge in [0.05, 0.1) is 25.1 Å². The molecular formula is C16H21N5O4S. The molecule has 0 aromatic carbocycles. The molecule has 1 saturated heterocycles. The summed E-state index contributed by atoms with van der Waals surface area (Å²) in [7, 11) is 1.49. The Morgan fingerprint density at radius 2 is 2.35 bits per heavy atom. The highest BCUT2D eigenvalue weighted by atomic mass is 32.2. The molecule has 1 amide bonds. The van der Waals surface area contributed by atoms with Crippen LogP contribution >= 0.6 is 11.8 Å². The van der Waals surface area contributed by atoms with Crippen LogP contribution in [-0.4, -0.2) is 68.5 Å². The van der Waals surface area contributed by atoms with Crippen molar-refractivity contribution in [2.45, 2.75) is 24.9 Å². The Bertz CT molecular complexity index is 811. The first-order valence-electron chi connectivity index (χ1n) is 8.03. The van der Waals surface area contributed by atoms with Gasteiger partial charge in [-0.05, 0) is 6.26 Å². The number of rotatable bonds is 7. The lowest BCUT2D eigenvalue weighted by atomic mass is 10.2. The van der Waals surface area contributed by atoms with Crippen LogP contribution in [0.1, 0.15) is 12.6 Å². The van der Waals surface area contributed by atoms with Gasteiger partial charge in [-0.15, -0.1) is 0 Å². The summed E-state index contributed by atoms with van der Waals surface area (Å²) in [5, 5.41) is 12.8. The van der Waals surface area contributed by atoms with Crippen LogP contribution in [0.4, 0.5) is 5.82 Å². The molecule has 1 aliphatic heterocycles. The first-order chi connectivity index (χ1) is 12.5. The number of hydrogen-bond donors (Lipinski definition) is 2. The average Bonchev–Trinajstić information content (AvgIpc) is 3.20. The van der Waals surface area contributed by atoms with Gasteiger partial charge in [0.2, 0.25) is 0 Å². The molecule has 9 nitrogen and oxygen atoms in total. The fraction of sp³-hybridized carbons (Fsp3) is 0.500. The Morgan fingerprint density at radius 3 is 3.08 bits per heavy atom. The number of carbonyl (C=O) groups excluding carboxylic acids is 1. The Hall–Kier alpha value is -2.01. The van der Waals surface area contributed by atoms with Crippen molar-refractivity contribution in [2.24, 2.45) is 0 Å². The van der Waals surface area contributed by atoms with Crippen molar-refractivity contribution in [3.63, 3.8) is 0 Å². The van der Waals surface area contributed by atoms with Gasteiger partial charge in [0.25, 0.3) is 5.91 Å². The maximum absolute atomic E-state index is 12.1. The number of thioether (sulfide) groups is 1. The molecule has 1 fully saturated rings. The maximum Gasteiger partial charge on any atom is 0.254 e. The number of ether oxygens (including phenoxy) is 2. The Labute approximate surface area is 154 Å². The predicted octanol–water partition coefficient (Wildman–Crippen LogP) is 0.979. The zero-order valence-corrected chi connectivity index (χ0v) is 15.4. The molecule has 26 heavy (non-hydrogen) atoms. The van der Waals surface area contributed by atoms with E-state index in [1.807, 2.05) is 6.26 Å². The van der Waals surface area contributed by atoms with Gasteiger partial charge in [0.15, 0.2) is 17.0 Å². The zero-order chi connectivity index (χ0) is 18.7. The number of imidazole rings is 1. The minimum absolute atomic E-state index is 0.124. The van der Waals surface area contributed by atoms with Crippen molar-refractivity contribution >= 4 is 34.7 Å². The van der Waals surface area contributed by atoms with Crippen molar-refractivity contribution < 1.29 is 19.4 Å². The highest BCUT2D eigenvalue weighted by molar-refractivity contribution is 7.98. The van der Waals surface area contributed by atoms with E-state index in [0.29, 0.717) is 23.3 Å². The molecule has 3 rings (SSSR count). The quantitative estimate of drug-likeness (QED) is 0.685. The van der Waals surface area contributed by atoms with Crippen molar-refractivity contribution in [3.05, 3.63) is 24.8 Å². The van der Waals surface area contributed by atoms with Crippen molar-refractivity contribution in [3.8, 4) is 0 Å². The molecule has 0 saturated carbocycles. The van der Waals surface area contributed by atoms with Gasteiger partial charge in [0.1, 0.15) is 12.6 Å². The lowest BCUT2D eigenvalue weighted by molar-refractivity contribution is -0.113. The largest absolute Gasteiger partial charge is 0.390 e. The van der Waals surface area contributed by atoms with E-state index in [1.165, 1.54) is 13.4 Å². The van der Waals surface area contributed by atoms with E-state index >= 15 is 0 Å². The molecule has 0 unspecified atom stereocenters. The summed E-state index contributed by atoms with van der Waals surface area (Å²) in [5.41, 5.74) is 1.24. The van der Waals surface area contributed by atoms with Gasteiger partial charge in [-0.2, -0.15) is 11.8 Å². The van der Waals surface area contributed by atoms with Crippen LogP contribution in [-0.2, 0) is 14.3 Å². The first kappa shape index (κ1) is 18.8. The molecule has 1 aliphatic rings. The SMILES string of the molecule is C=C(COC)C(=O)Nc1ncnc2c1ncn2[C@H]1C[C@H](O)[C@@H](CSC)O1. The molecule has 0 bridgehead atoms. The van der Waals surface area contributed by atoms with Gasteiger partial charge in [-0.25, -0.2) is 15.0 Å². The second-order valence-electron chi connectivity index (χ2n) is 5.92. The van der Waals surface area contributed by atoms with Gasteiger partial charge < -0.3 is 19.9 Å². The Balaban J connectivity index is 1.83. The second kappa shape index (κ2) is 8.12. The topological polar surface area (TPSA) is 111 Å². The van der Waals surface area contributed by atoms with Gasteiger partial charge in [0, 0.05) is 24.9 Å². The number of nitrogens with zero attached hydrogens (tertiary/aromatic N) is 4. The Morgan fingerprint density at radius 1 is 1.54 bits per heavy atom. The standard InChI is InChI=1S/C16H21N5O4S/c1-9(5-24-2)16(23)20-14-13-15(18-7-17-14)21(8-19-13)12-4-10(22)11(25-12)6-26-3/h7-8,10-12,22H,1,4-6H2,2-3H3,(H,17,18,20,23)/t10-,11+,12+/m0/s1. The molecule has 0 radical (unpaired) electrons. The van der Waals surface area contributed by atoms with Crippen molar-refractivity contribution in [1.82, 2.24) is 19.5 Å². The predicted molar refractivity (Wildman–Crippen MR) is 97.9 cm³/mol. The van der Waals surface area contributed by atoms with Crippen LogP contribution in [0.2, 0.25) is 0 Å². The molecule has 3 atom stereocenters. The third-order valence-corrected chi connectivity index (χ3v) is 4.74. The average molecular weight is 379 g/mol. The van der Waals surface area contributed by atoms with E-state index in [0.717, 1.165) is 0 Å². The van der Waals surface area contributed by atoms with Crippen LogP contribution < -0.4 is 5.32 Å². The summed E-state index contributed by atoms with van der Waals surface area (Å²) in [6.07, 6.45) is 4.21. The summed E-state index contributed by atoms with van der Waals surface area (Å²) in [5.74, 6) is 0.603. The molecule has 140 valence electrons. The number of aliphatic hydroxyl groups excluding tert-OH is 1. The monoisotopic (exact) mass is 379 g/mol. The third-order valence-electron chi connectivity index (χ3n) is 4.08. The minimum atomic E-state index is -0.539. The van der Waals surface area contributed by atoms with E-state index in [2.05, 4.69) is 26.8 Å².